The van der Waals surface area contributed by atoms with E-state index in [2.05, 4.69) is 20.0 Å². The van der Waals surface area contributed by atoms with Crippen LogP contribution in [0.5, 0.6) is 0 Å². The van der Waals surface area contributed by atoms with Gasteiger partial charge in [-0.15, -0.1) is 5.10 Å². The molecule has 0 atom stereocenters. The van der Waals surface area contributed by atoms with Gasteiger partial charge in [0.15, 0.2) is 0 Å². The number of rotatable bonds is 5. The maximum atomic E-state index is 12.4. The molecule has 124 valence electrons. The number of halogens is 2. The molecule has 0 aliphatic heterocycles. The Hall–Kier alpha value is -2.00. The van der Waals surface area contributed by atoms with Crippen molar-refractivity contribution in [3.8, 4) is 5.69 Å². The van der Waals surface area contributed by atoms with Crippen LogP contribution in [0.2, 0.25) is 10.0 Å². The van der Waals surface area contributed by atoms with Crippen molar-refractivity contribution in [2.45, 2.75) is 11.4 Å². The smallest absolute Gasteiger partial charge is 0.243 e. The molecular weight excluding hydrogens is 373 g/mol. The lowest BCUT2D eigenvalue weighted by atomic mass is 10.4. The number of aromatic nitrogens is 4. The first-order chi connectivity index (χ1) is 11.5. The molecule has 3 rings (SSSR count). The van der Waals surface area contributed by atoms with Gasteiger partial charge in [-0.25, -0.2) is 17.8 Å². The quantitative estimate of drug-likeness (QED) is 0.730. The van der Waals surface area contributed by atoms with Gasteiger partial charge in [0, 0.05) is 6.20 Å². The summed E-state index contributed by atoms with van der Waals surface area (Å²) < 4.78 is 28.7. The highest BCUT2D eigenvalue weighted by molar-refractivity contribution is 7.89. The summed E-state index contributed by atoms with van der Waals surface area (Å²) in [6.07, 6.45) is 4.86. The summed E-state index contributed by atoms with van der Waals surface area (Å²) in [5, 5.41) is 7.96. The zero-order valence-electron chi connectivity index (χ0n) is 12.1. The molecule has 3 aromatic rings. The van der Waals surface area contributed by atoms with E-state index in [-0.39, 0.29) is 21.5 Å². The molecule has 0 spiro atoms. The highest BCUT2D eigenvalue weighted by atomic mass is 35.5. The Balaban J connectivity index is 1.78. The summed E-state index contributed by atoms with van der Waals surface area (Å²) in [6, 6.07) is 8.06. The lowest BCUT2D eigenvalue weighted by Gasteiger charge is -2.08. The lowest BCUT2D eigenvalue weighted by molar-refractivity contribution is 0.580. The fraction of sp³-hybridized carbons (Fsp3) is 0.0714. The maximum absolute atomic E-state index is 12.4. The van der Waals surface area contributed by atoms with Gasteiger partial charge in [-0.3, -0.25) is 4.98 Å². The third kappa shape index (κ3) is 3.57. The molecule has 0 aliphatic carbocycles. The average molecular weight is 384 g/mol. The van der Waals surface area contributed by atoms with Gasteiger partial charge in [-0.05, 0) is 24.3 Å². The third-order valence-electron chi connectivity index (χ3n) is 3.08. The fourth-order valence-corrected chi connectivity index (χ4v) is 4.11. The molecule has 0 fully saturated rings. The summed E-state index contributed by atoms with van der Waals surface area (Å²) >= 11 is 11.9. The first-order valence-electron chi connectivity index (χ1n) is 6.73. The van der Waals surface area contributed by atoms with Gasteiger partial charge in [0.2, 0.25) is 10.0 Å². The van der Waals surface area contributed by atoms with Crippen LogP contribution < -0.4 is 4.72 Å². The molecule has 1 aromatic carbocycles. The van der Waals surface area contributed by atoms with Crippen molar-refractivity contribution in [2.75, 3.05) is 0 Å². The van der Waals surface area contributed by atoms with Crippen molar-refractivity contribution in [2.24, 2.45) is 0 Å². The summed E-state index contributed by atoms with van der Waals surface area (Å²) in [7, 11) is -3.88. The standard InChI is InChI=1S/C14H11Cl2N5O2S/c15-12-4-1-5-13(16)14(12)24(22,23)18-7-10-9-21(20-19-10)11-3-2-6-17-8-11/h1-6,8-9,18H,7H2. The molecule has 7 nitrogen and oxygen atoms in total. The van der Waals surface area contributed by atoms with Crippen molar-refractivity contribution in [3.05, 3.63) is 64.7 Å². The first-order valence-corrected chi connectivity index (χ1v) is 8.96. The van der Waals surface area contributed by atoms with E-state index in [4.69, 9.17) is 23.2 Å². The van der Waals surface area contributed by atoms with E-state index < -0.39 is 10.0 Å². The lowest BCUT2D eigenvalue weighted by Crippen LogP contribution is -2.24. The van der Waals surface area contributed by atoms with Gasteiger partial charge < -0.3 is 0 Å². The third-order valence-corrected chi connectivity index (χ3v) is 5.44. The topological polar surface area (TPSA) is 89.8 Å². The summed E-state index contributed by atoms with van der Waals surface area (Å²) in [4.78, 5) is 3.83. The number of hydrogen-bond donors (Lipinski definition) is 1. The predicted molar refractivity (Wildman–Crippen MR) is 89.6 cm³/mol. The maximum Gasteiger partial charge on any atom is 0.243 e. The van der Waals surface area contributed by atoms with Crippen molar-refractivity contribution >= 4 is 33.2 Å². The fourth-order valence-electron chi connectivity index (χ4n) is 1.98. The highest BCUT2D eigenvalue weighted by Gasteiger charge is 2.21. The number of nitrogens with one attached hydrogen (secondary N) is 1. The SMILES string of the molecule is O=S(=O)(NCc1cn(-c2cccnc2)nn1)c1c(Cl)cccc1Cl. The van der Waals surface area contributed by atoms with E-state index in [1.807, 2.05) is 0 Å². The largest absolute Gasteiger partial charge is 0.262 e. The van der Waals surface area contributed by atoms with E-state index in [1.165, 1.54) is 16.8 Å². The minimum absolute atomic E-state index is 0.0500. The number of sulfonamides is 1. The molecular formula is C14H11Cl2N5O2S. The molecule has 2 aromatic heterocycles. The van der Waals surface area contributed by atoms with E-state index in [0.717, 1.165) is 0 Å². The van der Waals surface area contributed by atoms with Crippen LogP contribution in [0.1, 0.15) is 5.69 Å². The Labute approximate surface area is 148 Å². The zero-order valence-corrected chi connectivity index (χ0v) is 14.4. The number of nitrogens with zero attached hydrogens (tertiary/aromatic N) is 4. The normalized spacial score (nSPS) is 11.6. The van der Waals surface area contributed by atoms with Gasteiger partial charge in [0.1, 0.15) is 4.90 Å². The van der Waals surface area contributed by atoms with Crippen LogP contribution in [-0.4, -0.2) is 28.4 Å². The molecule has 0 bridgehead atoms. The van der Waals surface area contributed by atoms with Gasteiger partial charge in [0.05, 0.1) is 40.4 Å². The predicted octanol–water partition coefficient (Wildman–Crippen LogP) is 2.45. The van der Waals surface area contributed by atoms with Crippen LogP contribution in [0.25, 0.3) is 5.69 Å². The molecule has 24 heavy (non-hydrogen) atoms. The van der Waals surface area contributed by atoms with E-state index >= 15 is 0 Å². The average Bonchev–Trinajstić information content (AvgIpc) is 3.03. The van der Waals surface area contributed by atoms with Crippen molar-refractivity contribution < 1.29 is 8.42 Å². The monoisotopic (exact) mass is 383 g/mol. The van der Waals surface area contributed by atoms with Crippen LogP contribution in [-0.2, 0) is 16.6 Å². The van der Waals surface area contributed by atoms with Gasteiger partial charge >= 0.3 is 0 Å². The second-order valence-electron chi connectivity index (χ2n) is 4.74. The summed E-state index contributed by atoms with van der Waals surface area (Å²) in [5.74, 6) is 0. The minimum Gasteiger partial charge on any atom is -0.262 e. The summed E-state index contributed by atoms with van der Waals surface area (Å²) in [5.41, 5.74) is 1.15. The van der Waals surface area contributed by atoms with Crippen molar-refractivity contribution in [3.63, 3.8) is 0 Å². The van der Waals surface area contributed by atoms with E-state index in [9.17, 15) is 8.42 Å². The van der Waals surface area contributed by atoms with Gasteiger partial charge in [0.25, 0.3) is 0 Å². The Kier molecular flexibility index (Phi) is 4.81. The molecule has 0 saturated heterocycles. The Bertz CT molecular complexity index is 940. The second kappa shape index (κ2) is 6.86. The molecule has 0 radical (unpaired) electrons. The van der Waals surface area contributed by atoms with Crippen LogP contribution in [0, 0.1) is 0 Å². The van der Waals surface area contributed by atoms with Crippen LogP contribution in [0.15, 0.2) is 53.8 Å². The van der Waals surface area contributed by atoms with Gasteiger partial charge in [-0.1, -0.05) is 34.5 Å². The van der Waals surface area contributed by atoms with Crippen molar-refractivity contribution in [1.82, 2.24) is 24.7 Å². The molecule has 1 N–H and O–H groups in total. The minimum atomic E-state index is -3.88. The number of benzene rings is 1. The second-order valence-corrected chi connectivity index (χ2v) is 7.26. The molecule has 0 unspecified atom stereocenters. The van der Waals surface area contributed by atoms with E-state index in [0.29, 0.717) is 11.4 Å². The number of hydrogen-bond acceptors (Lipinski definition) is 5. The molecule has 2 heterocycles. The molecule has 0 saturated carbocycles. The Morgan fingerprint density at radius 1 is 1.12 bits per heavy atom. The number of pyridine rings is 1. The molecule has 0 amide bonds. The van der Waals surface area contributed by atoms with Crippen molar-refractivity contribution in [1.29, 1.82) is 0 Å². The Morgan fingerprint density at radius 3 is 2.54 bits per heavy atom. The van der Waals surface area contributed by atoms with E-state index in [1.54, 1.807) is 36.8 Å². The van der Waals surface area contributed by atoms with Crippen LogP contribution in [0.3, 0.4) is 0 Å². The highest BCUT2D eigenvalue weighted by Crippen LogP contribution is 2.28. The molecule has 10 heteroatoms. The molecule has 0 aliphatic rings. The Morgan fingerprint density at radius 2 is 1.88 bits per heavy atom. The zero-order chi connectivity index (χ0) is 17.2. The summed E-state index contributed by atoms with van der Waals surface area (Å²) in [6.45, 7) is -0.0514. The van der Waals surface area contributed by atoms with Crippen LogP contribution in [0.4, 0.5) is 0 Å². The van der Waals surface area contributed by atoms with Gasteiger partial charge in [-0.2, -0.15) is 0 Å². The first kappa shape index (κ1) is 16.8. The van der Waals surface area contributed by atoms with Crippen LogP contribution >= 0.6 is 23.2 Å².